The lowest BCUT2D eigenvalue weighted by molar-refractivity contribution is 0.636. The predicted octanol–water partition coefficient (Wildman–Crippen LogP) is 4.70. The first-order chi connectivity index (χ1) is 5.81. The summed E-state index contributed by atoms with van der Waals surface area (Å²) in [5.41, 5.74) is 1.55. The van der Waals surface area contributed by atoms with Crippen molar-refractivity contribution in [3.63, 3.8) is 0 Å². The molecule has 0 bridgehead atoms. The summed E-state index contributed by atoms with van der Waals surface area (Å²) in [4.78, 5) is 0. The van der Waals surface area contributed by atoms with Gasteiger partial charge in [0.25, 0.3) is 0 Å². The highest BCUT2D eigenvalue weighted by atomic mass is 13.9. The van der Waals surface area contributed by atoms with Crippen LogP contribution in [0, 0.1) is 0 Å². The quantitative estimate of drug-likeness (QED) is 0.382. The van der Waals surface area contributed by atoms with Gasteiger partial charge in [-0.3, -0.25) is 0 Å². The lowest BCUT2D eigenvalue weighted by Crippen LogP contribution is -1.77. The summed E-state index contributed by atoms with van der Waals surface area (Å²) in [6, 6.07) is 0. The van der Waals surface area contributed by atoms with Crippen molar-refractivity contribution in [1.29, 1.82) is 0 Å². The molecule has 0 radical (unpaired) electrons. The Balaban J connectivity index is 3.10. The zero-order valence-electron chi connectivity index (χ0n) is 9.03. The van der Waals surface area contributed by atoms with Gasteiger partial charge in [0.2, 0.25) is 0 Å². The maximum Gasteiger partial charge on any atom is -0.0348 e. The lowest BCUT2D eigenvalue weighted by Gasteiger charge is -1.97. The number of hydrogen-bond acceptors (Lipinski definition) is 0. The molecule has 0 nitrogen and oxygen atoms in total. The number of unbranched alkanes of at least 4 members (excludes halogenated alkanes) is 5. The van der Waals surface area contributed by atoms with E-state index in [4.69, 9.17) is 0 Å². The summed E-state index contributed by atoms with van der Waals surface area (Å²) in [6.07, 6.45) is 11.9. The lowest BCUT2D eigenvalue weighted by atomic mass is 10.1. The number of rotatable bonds is 7. The molecular weight excluding hydrogens is 144 g/mol. The molecule has 0 heteroatoms. The smallest absolute Gasteiger partial charge is 0.0348 e. The van der Waals surface area contributed by atoms with E-state index >= 15 is 0 Å². The zero-order chi connectivity index (χ0) is 9.23. The third-order valence-electron chi connectivity index (χ3n) is 2.36. The molecule has 0 N–H and O–H groups in total. The van der Waals surface area contributed by atoms with Crippen molar-refractivity contribution in [2.45, 2.75) is 65.7 Å². The minimum absolute atomic E-state index is 1.22. The Morgan fingerprint density at radius 1 is 1.00 bits per heavy atom. The standard InChI is InChI=1S/C12H24/c1-4-6-7-8-9-10-11-12(3)5-2/h11H,4-10H2,1-3H3. The maximum atomic E-state index is 2.39. The first-order valence-electron chi connectivity index (χ1n) is 5.46. The molecule has 0 unspecified atom stereocenters. The van der Waals surface area contributed by atoms with Gasteiger partial charge in [0.05, 0.1) is 0 Å². The molecule has 0 amide bonds. The molecule has 0 aliphatic rings. The van der Waals surface area contributed by atoms with E-state index in [2.05, 4.69) is 26.8 Å². The fraction of sp³-hybridized carbons (Fsp3) is 0.833. The SMILES string of the molecule is CCCCCCCC=C(C)CC. The Morgan fingerprint density at radius 2 is 1.67 bits per heavy atom. The molecule has 0 rings (SSSR count). The van der Waals surface area contributed by atoms with Gasteiger partial charge in [0.15, 0.2) is 0 Å². The Labute approximate surface area is 78.1 Å². The van der Waals surface area contributed by atoms with Crippen LogP contribution in [-0.2, 0) is 0 Å². The van der Waals surface area contributed by atoms with Crippen LogP contribution in [0.5, 0.6) is 0 Å². The van der Waals surface area contributed by atoms with Crippen LogP contribution < -0.4 is 0 Å². The average Bonchev–Trinajstić information content (AvgIpc) is 2.10. The Morgan fingerprint density at radius 3 is 2.25 bits per heavy atom. The molecule has 0 spiro atoms. The third kappa shape index (κ3) is 7.84. The Hall–Kier alpha value is -0.260. The van der Waals surface area contributed by atoms with Gasteiger partial charge in [0.1, 0.15) is 0 Å². The predicted molar refractivity (Wildman–Crippen MR) is 57.4 cm³/mol. The van der Waals surface area contributed by atoms with E-state index in [0.29, 0.717) is 0 Å². The minimum atomic E-state index is 1.22. The molecule has 0 atom stereocenters. The van der Waals surface area contributed by atoms with Crippen LogP contribution in [0.4, 0.5) is 0 Å². The highest BCUT2D eigenvalue weighted by Crippen LogP contribution is 2.07. The van der Waals surface area contributed by atoms with Gasteiger partial charge in [0, 0.05) is 0 Å². The second kappa shape index (κ2) is 8.83. The molecule has 0 aromatic rings. The topological polar surface area (TPSA) is 0 Å². The van der Waals surface area contributed by atoms with Crippen LogP contribution in [0.2, 0.25) is 0 Å². The molecule has 0 heterocycles. The first kappa shape index (κ1) is 11.7. The normalized spacial score (nSPS) is 12.1. The largest absolute Gasteiger partial charge is 0.0856 e. The Bertz CT molecular complexity index is 111. The molecule has 12 heavy (non-hydrogen) atoms. The zero-order valence-corrected chi connectivity index (χ0v) is 9.03. The molecule has 0 aromatic heterocycles. The summed E-state index contributed by atoms with van der Waals surface area (Å²) >= 11 is 0. The average molecular weight is 168 g/mol. The minimum Gasteiger partial charge on any atom is -0.0856 e. The molecule has 0 fully saturated rings. The maximum absolute atomic E-state index is 2.39. The van der Waals surface area contributed by atoms with E-state index in [0.717, 1.165) is 0 Å². The number of hydrogen-bond donors (Lipinski definition) is 0. The number of allylic oxidation sites excluding steroid dienone is 2. The van der Waals surface area contributed by atoms with Crippen molar-refractivity contribution in [2.75, 3.05) is 0 Å². The fourth-order valence-electron chi connectivity index (χ4n) is 1.24. The fourth-order valence-corrected chi connectivity index (χ4v) is 1.24. The summed E-state index contributed by atoms with van der Waals surface area (Å²) in [7, 11) is 0. The molecular formula is C12H24. The van der Waals surface area contributed by atoms with E-state index in [-0.39, 0.29) is 0 Å². The monoisotopic (exact) mass is 168 g/mol. The summed E-state index contributed by atoms with van der Waals surface area (Å²) < 4.78 is 0. The van der Waals surface area contributed by atoms with Gasteiger partial charge in [-0.2, -0.15) is 0 Å². The van der Waals surface area contributed by atoms with Crippen molar-refractivity contribution in [2.24, 2.45) is 0 Å². The van der Waals surface area contributed by atoms with E-state index in [1.165, 1.54) is 44.9 Å². The van der Waals surface area contributed by atoms with Crippen LogP contribution in [0.15, 0.2) is 11.6 Å². The van der Waals surface area contributed by atoms with Gasteiger partial charge in [-0.15, -0.1) is 0 Å². The van der Waals surface area contributed by atoms with Crippen LogP contribution in [0.25, 0.3) is 0 Å². The van der Waals surface area contributed by atoms with Crippen molar-refractivity contribution in [1.82, 2.24) is 0 Å². The van der Waals surface area contributed by atoms with Crippen molar-refractivity contribution >= 4 is 0 Å². The van der Waals surface area contributed by atoms with Gasteiger partial charge >= 0.3 is 0 Å². The van der Waals surface area contributed by atoms with E-state index < -0.39 is 0 Å². The second-order valence-electron chi connectivity index (χ2n) is 3.61. The van der Waals surface area contributed by atoms with Crippen molar-refractivity contribution < 1.29 is 0 Å². The molecule has 0 aliphatic heterocycles. The van der Waals surface area contributed by atoms with Gasteiger partial charge in [-0.1, -0.05) is 51.2 Å². The van der Waals surface area contributed by atoms with Crippen molar-refractivity contribution in [3.8, 4) is 0 Å². The van der Waals surface area contributed by atoms with Crippen molar-refractivity contribution in [3.05, 3.63) is 11.6 Å². The van der Waals surface area contributed by atoms with Crippen LogP contribution >= 0.6 is 0 Å². The summed E-state index contributed by atoms with van der Waals surface area (Å²) in [5, 5.41) is 0. The van der Waals surface area contributed by atoms with Gasteiger partial charge in [-0.25, -0.2) is 0 Å². The van der Waals surface area contributed by atoms with E-state index in [1.54, 1.807) is 5.57 Å². The summed E-state index contributed by atoms with van der Waals surface area (Å²) in [5.74, 6) is 0. The highest BCUT2D eigenvalue weighted by Gasteiger charge is 1.87. The van der Waals surface area contributed by atoms with Gasteiger partial charge < -0.3 is 0 Å². The van der Waals surface area contributed by atoms with Gasteiger partial charge in [-0.05, 0) is 26.2 Å². The molecule has 72 valence electrons. The van der Waals surface area contributed by atoms with E-state index in [9.17, 15) is 0 Å². The van der Waals surface area contributed by atoms with Crippen LogP contribution in [0.3, 0.4) is 0 Å². The van der Waals surface area contributed by atoms with Crippen LogP contribution in [-0.4, -0.2) is 0 Å². The Kier molecular flexibility index (Phi) is 8.64. The molecule has 0 saturated carbocycles. The first-order valence-corrected chi connectivity index (χ1v) is 5.46. The summed E-state index contributed by atoms with van der Waals surface area (Å²) in [6.45, 7) is 6.72. The second-order valence-corrected chi connectivity index (χ2v) is 3.61. The molecule has 0 aliphatic carbocycles. The molecule has 0 saturated heterocycles. The van der Waals surface area contributed by atoms with E-state index in [1.807, 2.05) is 0 Å². The third-order valence-corrected chi connectivity index (χ3v) is 2.36. The molecule has 0 aromatic carbocycles. The van der Waals surface area contributed by atoms with Crippen LogP contribution in [0.1, 0.15) is 65.7 Å². The highest BCUT2D eigenvalue weighted by molar-refractivity contribution is 4.96.